The average Bonchev–Trinajstić information content (AvgIpc) is 2.57. The van der Waals surface area contributed by atoms with Gasteiger partial charge in [0.25, 0.3) is 0 Å². The first-order valence-corrected chi connectivity index (χ1v) is 7.94. The van der Waals surface area contributed by atoms with Crippen LogP contribution in [-0.2, 0) is 11.3 Å². The maximum atomic E-state index is 11.5. The molecule has 1 aliphatic heterocycles. The number of rotatable bonds is 4. The number of nitrogens with two attached hydrogens (primary N) is 1. The molecule has 7 heteroatoms. The average molecular weight is 420 g/mol. The highest BCUT2D eigenvalue weighted by Crippen LogP contribution is 2.26. The fourth-order valence-corrected chi connectivity index (χ4v) is 3.02. The van der Waals surface area contributed by atoms with Gasteiger partial charge in [0.05, 0.1) is 13.2 Å². The number of ether oxygens (including phenoxy) is 1. The summed E-state index contributed by atoms with van der Waals surface area (Å²) in [4.78, 5) is 13.9. The molecule has 3 rings (SSSR count). The van der Waals surface area contributed by atoms with E-state index in [1.165, 1.54) is 5.56 Å². The smallest absolute Gasteiger partial charge is 0.248 e. The van der Waals surface area contributed by atoms with E-state index in [9.17, 15) is 4.79 Å². The summed E-state index contributed by atoms with van der Waals surface area (Å²) in [6.45, 7) is 6.50. The largest absolute Gasteiger partial charge is 0.379 e. The molecule has 4 nitrogen and oxygen atoms in total. The Labute approximate surface area is 173 Å². The van der Waals surface area contributed by atoms with Crippen molar-refractivity contribution >= 4 is 43.1 Å². The Hall–Kier alpha value is -1.30. The van der Waals surface area contributed by atoms with Crippen LogP contribution in [-0.4, -0.2) is 37.1 Å². The van der Waals surface area contributed by atoms with Gasteiger partial charge in [-0.15, -0.1) is 37.2 Å². The lowest BCUT2D eigenvalue weighted by Crippen LogP contribution is -2.35. The maximum Gasteiger partial charge on any atom is 0.248 e. The highest BCUT2D eigenvalue weighted by atomic mass is 35.5. The van der Waals surface area contributed by atoms with E-state index < -0.39 is 0 Å². The van der Waals surface area contributed by atoms with Gasteiger partial charge in [0.15, 0.2) is 0 Å². The second kappa shape index (κ2) is 11.4. The molecule has 0 bridgehead atoms. The van der Waals surface area contributed by atoms with Crippen molar-refractivity contribution in [3.8, 4) is 11.1 Å². The van der Waals surface area contributed by atoms with E-state index in [4.69, 9.17) is 10.5 Å². The monoisotopic (exact) mass is 418 g/mol. The molecule has 0 radical (unpaired) electrons. The Kier molecular flexibility index (Phi) is 10.8. The van der Waals surface area contributed by atoms with E-state index in [0.29, 0.717) is 5.56 Å². The van der Waals surface area contributed by atoms with Crippen LogP contribution in [0.2, 0.25) is 0 Å². The van der Waals surface area contributed by atoms with Crippen molar-refractivity contribution in [1.29, 1.82) is 0 Å². The molecule has 1 heterocycles. The number of amides is 1. The van der Waals surface area contributed by atoms with E-state index in [2.05, 4.69) is 29.2 Å². The third kappa shape index (κ3) is 5.86. The van der Waals surface area contributed by atoms with Crippen LogP contribution in [0.5, 0.6) is 0 Å². The molecule has 0 atom stereocenters. The van der Waals surface area contributed by atoms with Crippen molar-refractivity contribution in [2.24, 2.45) is 5.73 Å². The molecule has 0 saturated carbocycles. The molecule has 0 unspecified atom stereocenters. The van der Waals surface area contributed by atoms with Crippen molar-refractivity contribution in [3.05, 3.63) is 59.2 Å². The van der Waals surface area contributed by atoms with Crippen LogP contribution >= 0.6 is 37.2 Å². The lowest BCUT2D eigenvalue weighted by molar-refractivity contribution is 0.0342. The number of benzene rings is 2. The molecule has 1 amide bonds. The highest BCUT2D eigenvalue weighted by Gasteiger charge is 2.12. The molecular formula is C19H25Cl3N2O2. The number of halogens is 3. The van der Waals surface area contributed by atoms with Crippen molar-refractivity contribution in [2.75, 3.05) is 26.3 Å². The third-order valence-electron chi connectivity index (χ3n) is 4.37. The zero-order chi connectivity index (χ0) is 16.2. The molecular weight excluding hydrogens is 395 g/mol. The van der Waals surface area contributed by atoms with Crippen molar-refractivity contribution in [1.82, 2.24) is 4.90 Å². The number of primary amides is 1. The lowest BCUT2D eigenvalue weighted by atomic mass is 9.95. The molecule has 26 heavy (non-hydrogen) atoms. The predicted octanol–water partition coefficient (Wildman–Crippen LogP) is 3.86. The van der Waals surface area contributed by atoms with Crippen molar-refractivity contribution in [3.63, 3.8) is 0 Å². The fraction of sp³-hybridized carbons (Fsp3) is 0.316. The first kappa shape index (κ1) is 24.7. The Morgan fingerprint density at radius 2 is 1.65 bits per heavy atom. The minimum absolute atomic E-state index is 0. The summed E-state index contributed by atoms with van der Waals surface area (Å²) in [7, 11) is 0. The molecule has 2 N–H and O–H groups in total. The van der Waals surface area contributed by atoms with E-state index in [0.717, 1.165) is 49.5 Å². The molecule has 1 fully saturated rings. The first-order valence-electron chi connectivity index (χ1n) is 7.94. The van der Waals surface area contributed by atoms with Crippen LogP contribution in [0.1, 0.15) is 21.5 Å². The van der Waals surface area contributed by atoms with E-state index in [-0.39, 0.29) is 43.1 Å². The normalized spacial score (nSPS) is 13.7. The molecule has 0 spiro atoms. The third-order valence-corrected chi connectivity index (χ3v) is 4.37. The van der Waals surface area contributed by atoms with E-state index >= 15 is 0 Å². The number of hydrogen-bond donors (Lipinski definition) is 1. The van der Waals surface area contributed by atoms with Gasteiger partial charge in [0, 0.05) is 25.2 Å². The number of carbonyl (C=O) groups is 1. The Balaban J connectivity index is 0.00000208. The van der Waals surface area contributed by atoms with Crippen LogP contribution < -0.4 is 5.73 Å². The van der Waals surface area contributed by atoms with Crippen LogP contribution in [0.4, 0.5) is 0 Å². The fourth-order valence-electron chi connectivity index (χ4n) is 3.02. The second-order valence-corrected chi connectivity index (χ2v) is 5.93. The minimum Gasteiger partial charge on any atom is -0.379 e. The molecule has 1 aliphatic rings. The molecule has 1 saturated heterocycles. The maximum absolute atomic E-state index is 11.5. The highest BCUT2D eigenvalue weighted by molar-refractivity contribution is 5.96. The molecule has 2 aromatic rings. The zero-order valence-corrected chi connectivity index (χ0v) is 17.1. The minimum atomic E-state index is -0.381. The van der Waals surface area contributed by atoms with Gasteiger partial charge in [-0.1, -0.05) is 36.4 Å². The summed E-state index contributed by atoms with van der Waals surface area (Å²) in [5.74, 6) is -0.381. The standard InChI is InChI=1S/C19H22N2O2.3ClH/c1-14-17(3-2-4-18(14)19(20)22)16-7-5-15(6-8-16)13-21-9-11-23-12-10-21;;;/h2-8H,9-13H2,1H3,(H2,20,22);3*1H. The van der Waals surface area contributed by atoms with E-state index in [1.54, 1.807) is 6.07 Å². The number of carbonyl (C=O) groups excluding carboxylic acids is 1. The van der Waals surface area contributed by atoms with Gasteiger partial charge in [-0.05, 0) is 35.2 Å². The van der Waals surface area contributed by atoms with Gasteiger partial charge in [-0.25, -0.2) is 0 Å². The van der Waals surface area contributed by atoms with Gasteiger partial charge >= 0.3 is 0 Å². The van der Waals surface area contributed by atoms with Crippen LogP contribution in [0.25, 0.3) is 11.1 Å². The first-order chi connectivity index (χ1) is 11.1. The Morgan fingerprint density at radius 3 is 2.23 bits per heavy atom. The second-order valence-electron chi connectivity index (χ2n) is 5.93. The van der Waals surface area contributed by atoms with Crippen LogP contribution in [0.15, 0.2) is 42.5 Å². The molecule has 0 aromatic heterocycles. The zero-order valence-electron chi connectivity index (χ0n) is 14.6. The Bertz CT molecular complexity index is 702. The van der Waals surface area contributed by atoms with Crippen LogP contribution in [0.3, 0.4) is 0 Å². The molecule has 144 valence electrons. The number of hydrogen-bond acceptors (Lipinski definition) is 3. The van der Waals surface area contributed by atoms with Crippen molar-refractivity contribution in [2.45, 2.75) is 13.5 Å². The SMILES string of the molecule is Cc1c(C(N)=O)cccc1-c1ccc(CN2CCOCC2)cc1.Cl.Cl.Cl. The Morgan fingerprint density at radius 1 is 1.04 bits per heavy atom. The quantitative estimate of drug-likeness (QED) is 0.818. The summed E-state index contributed by atoms with van der Waals surface area (Å²) in [5.41, 5.74) is 10.4. The van der Waals surface area contributed by atoms with E-state index in [1.807, 2.05) is 19.1 Å². The number of nitrogens with zero attached hydrogens (tertiary/aromatic N) is 1. The molecule has 0 aliphatic carbocycles. The number of morpholine rings is 1. The summed E-state index contributed by atoms with van der Waals surface area (Å²) in [5, 5.41) is 0. The summed E-state index contributed by atoms with van der Waals surface area (Å²) in [6.07, 6.45) is 0. The summed E-state index contributed by atoms with van der Waals surface area (Å²) in [6, 6.07) is 14.2. The van der Waals surface area contributed by atoms with Crippen molar-refractivity contribution < 1.29 is 9.53 Å². The lowest BCUT2D eigenvalue weighted by Gasteiger charge is -2.26. The van der Waals surface area contributed by atoms with Gasteiger partial charge in [0.2, 0.25) is 5.91 Å². The topological polar surface area (TPSA) is 55.6 Å². The summed E-state index contributed by atoms with van der Waals surface area (Å²) >= 11 is 0. The van der Waals surface area contributed by atoms with Gasteiger partial charge < -0.3 is 10.5 Å². The molecule has 2 aromatic carbocycles. The van der Waals surface area contributed by atoms with Gasteiger partial charge in [0.1, 0.15) is 0 Å². The predicted molar refractivity (Wildman–Crippen MR) is 113 cm³/mol. The summed E-state index contributed by atoms with van der Waals surface area (Å²) < 4.78 is 5.38. The van der Waals surface area contributed by atoms with Crippen LogP contribution in [0, 0.1) is 6.92 Å². The van der Waals surface area contributed by atoms with Gasteiger partial charge in [-0.2, -0.15) is 0 Å². The van der Waals surface area contributed by atoms with Gasteiger partial charge in [-0.3, -0.25) is 9.69 Å².